The summed E-state index contributed by atoms with van der Waals surface area (Å²) in [7, 11) is 10.3. The van der Waals surface area contributed by atoms with Gasteiger partial charge in [-0.05, 0) is 317 Å². The Morgan fingerprint density at radius 2 is 0.770 bits per heavy atom. The van der Waals surface area contributed by atoms with Gasteiger partial charge in [-0.2, -0.15) is 18.3 Å². The van der Waals surface area contributed by atoms with E-state index in [1.165, 1.54) is 136 Å². The van der Waals surface area contributed by atoms with E-state index in [-0.39, 0.29) is 11.6 Å². The topological polar surface area (TPSA) is 19.4 Å². The molecule has 0 radical (unpaired) electrons. The molecule has 1 saturated carbocycles. The number of fused-ring (bicyclic) bond motifs is 5. The first-order valence-corrected chi connectivity index (χ1v) is 40.1. The molecule has 0 aliphatic heterocycles. The zero-order valence-electron chi connectivity index (χ0n) is 77.1. The molecule has 5 heterocycles. The number of aromatic nitrogens is 5. The summed E-state index contributed by atoms with van der Waals surface area (Å²) in [4.78, 5) is 0. The maximum Gasteiger partial charge on any atom is 0.223 e. The minimum atomic E-state index is -2.16. The first-order valence-electron chi connectivity index (χ1n) is 43.1. The molecule has 16 rings (SSSR count). The molecular weight excluding hydrogens is 1380 g/mol. The third-order valence-electron chi connectivity index (χ3n) is 24.3. The van der Waals surface area contributed by atoms with Gasteiger partial charge >= 0.3 is 0 Å². The third kappa shape index (κ3) is 16.5. The van der Waals surface area contributed by atoms with Gasteiger partial charge in [0.2, 0.25) is 50.5 Å². The van der Waals surface area contributed by atoms with Crippen molar-refractivity contribution < 1.29 is 39.8 Å². The maximum absolute atomic E-state index is 15.2. The number of hydrogen-bond acceptors (Lipinski definition) is 0. The molecular formula is C106H118F2N5+5. The first kappa shape index (κ1) is 73.6. The second-order valence-corrected chi connectivity index (χ2v) is 32.4. The average Bonchev–Trinajstić information content (AvgIpc) is 0.995. The van der Waals surface area contributed by atoms with Crippen LogP contribution in [-0.2, 0) is 41.7 Å². The highest BCUT2D eigenvalue weighted by molar-refractivity contribution is 5.95. The smallest absolute Gasteiger partial charge is 0.206 e. The van der Waals surface area contributed by atoms with Crippen LogP contribution in [0, 0.1) is 143 Å². The molecule has 1 aliphatic rings. The van der Waals surface area contributed by atoms with Crippen molar-refractivity contribution >= 4 is 54.4 Å². The summed E-state index contributed by atoms with van der Waals surface area (Å²) < 4.78 is 87.3. The number of halogens is 2. The van der Waals surface area contributed by atoms with Crippen molar-refractivity contribution in [1.82, 2.24) is 0 Å². The summed E-state index contributed by atoms with van der Waals surface area (Å²) >= 11 is 0. The van der Waals surface area contributed by atoms with E-state index in [1.54, 1.807) is 26.0 Å². The van der Waals surface area contributed by atoms with Gasteiger partial charge in [0.25, 0.3) is 0 Å². The monoisotopic (exact) mass is 1500 g/mol. The van der Waals surface area contributed by atoms with Crippen molar-refractivity contribution in [3.05, 3.63) is 323 Å². The van der Waals surface area contributed by atoms with E-state index >= 15 is 4.39 Å². The van der Waals surface area contributed by atoms with E-state index in [1.807, 2.05) is 104 Å². The van der Waals surface area contributed by atoms with Crippen molar-refractivity contribution in [2.45, 2.75) is 176 Å². The van der Waals surface area contributed by atoms with Crippen molar-refractivity contribution in [3.8, 4) is 56.3 Å². The summed E-state index contributed by atoms with van der Waals surface area (Å²) in [6.07, 6.45) is 8.31. The predicted octanol–water partition coefficient (Wildman–Crippen LogP) is 25.0. The zero-order chi connectivity index (χ0) is 86.5. The van der Waals surface area contributed by atoms with Gasteiger partial charge in [0.05, 0.1) is 16.3 Å². The molecule has 5 aromatic heterocycles. The van der Waals surface area contributed by atoms with E-state index in [2.05, 4.69) is 247 Å². The fourth-order valence-electron chi connectivity index (χ4n) is 17.3. The largest absolute Gasteiger partial charge is 0.223 e. The molecule has 0 amide bonds. The number of aryl methyl sites for hydroxylation is 20. The first-order chi connectivity index (χ1) is 56.2. The quantitative estimate of drug-likeness (QED) is 0.142. The fourth-order valence-corrected chi connectivity index (χ4v) is 17.3. The molecule has 0 N–H and O–H groups in total. The van der Waals surface area contributed by atoms with E-state index < -0.39 is 13.7 Å². The van der Waals surface area contributed by atoms with Gasteiger partial charge in [-0.3, -0.25) is 0 Å². The number of rotatable bonds is 7. The summed E-state index contributed by atoms with van der Waals surface area (Å²) in [5, 5.41) is 7.06. The van der Waals surface area contributed by atoms with Gasteiger partial charge in [0.15, 0.2) is 6.20 Å². The van der Waals surface area contributed by atoms with Gasteiger partial charge in [-0.25, -0.2) is 13.3 Å². The summed E-state index contributed by atoms with van der Waals surface area (Å²) in [6.45, 7) is 32.5. The number of nitrogens with zero attached hydrogens (tertiary/aromatic N) is 5. The molecule has 10 aromatic carbocycles. The Hall–Kier alpha value is -10.9. The fraction of sp³-hybridized carbons (Fsp3) is 0.292. The molecule has 576 valence electrons. The highest BCUT2D eigenvalue weighted by atomic mass is 19.1. The molecule has 0 atom stereocenters. The number of hydrogen-bond donors (Lipinski definition) is 0. The number of para-hydroxylation sites is 1. The summed E-state index contributed by atoms with van der Waals surface area (Å²) in [6, 6.07) is 66.0. The minimum absolute atomic E-state index is 0.0949. The molecule has 0 spiro atoms. The van der Waals surface area contributed by atoms with Gasteiger partial charge in [0.1, 0.15) is 46.9 Å². The van der Waals surface area contributed by atoms with Crippen molar-refractivity contribution in [1.29, 1.82) is 0 Å². The van der Waals surface area contributed by atoms with Gasteiger partial charge < -0.3 is 0 Å². The van der Waals surface area contributed by atoms with E-state index in [9.17, 15) is 4.39 Å². The minimum Gasteiger partial charge on any atom is -0.206 e. The Morgan fingerprint density at radius 1 is 0.336 bits per heavy atom. The van der Waals surface area contributed by atoms with E-state index in [0.29, 0.717) is 33.7 Å². The van der Waals surface area contributed by atoms with Crippen LogP contribution in [0.5, 0.6) is 0 Å². The highest BCUT2D eigenvalue weighted by Gasteiger charge is 2.28. The molecule has 15 aromatic rings. The van der Waals surface area contributed by atoms with Crippen LogP contribution >= 0.6 is 0 Å². The highest BCUT2D eigenvalue weighted by Crippen LogP contribution is 2.40. The van der Waals surface area contributed by atoms with Crippen LogP contribution in [0.2, 0.25) is 0 Å². The Balaban J connectivity index is 0.000000137. The van der Waals surface area contributed by atoms with Crippen LogP contribution in [0.25, 0.3) is 111 Å². The molecule has 0 unspecified atom stereocenters. The number of pyridine rings is 5. The lowest BCUT2D eigenvalue weighted by atomic mass is 9.91. The Morgan fingerprint density at radius 3 is 1.32 bits per heavy atom. The average molecular weight is 1510 g/mol. The van der Waals surface area contributed by atoms with Crippen LogP contribution in [0.3, 0.4) is 0 Å². The van der Waals surface area contributed by atoms with Gasteiger partial charge in [-0.15, -0.1) is 0 Å². The van der Waals surface area contributed by atoms with Crippen LogP contribution in [0.15, 0.2) is 194 Å². The Kier molecular flexibility index (Phi) is 22.0. The molecule has 5 nitrogen and oxygen atoms in total. The lowest BCUT2D eigenvalue weighted by Crippen LogP contribution is -2.32. The SMILES string of the molecule is CCc1cccc2c1ccc(-c1cc(C)cc(C)c1C)[n+]2C.Cc1cc(C)c(C)c(-c2ccc3ccccc3[n+]2C)c1.Cc1cc(C)c(F)c(-c2c3cc(C4CCCC4)ccc3cc[n+]2C)c1C.[2H]C([2H])([2H])c1cc(C)cc(-c2ccc3c(C)c(F)c(C)cc3[n+]2C)c1C.[2H]C([2H])([2H])c1cc(C)cc(-c2ccc3c(C)cc(C)cc3[n+]2C)c1C. The lowest BCUT2D eigenvalue weighted by Gasteiger charge is -2.15. The Labute approximate surface area is 681 Å². The predicted molar refractivity (Wildman–Crippen MR) is 473 cm³/mol. The molecule has 1 fully saturated rings. The maximum atomic E-state index is 15.2. The molecule has 7 heteroatoms. The molecule has 0 bridgehead atoms. The van der Waals surface area contributed by atoms with Crippen LogP contribution in [0.4, 0.5) is 8.78 Å². The third-order valence-corrected chi connectivity index (χ3v) is 24.3. The standard InChI is InChI=1S/C24H27FN.C21H23FN.2C21H24N.C19H20N/c1-15-13-16(2)23(25)22(17(15)3)24-21-14-20(18-7-5-6-8-18)10-9-19(21)11-12-26(24)4;1-12-9-13(2)15(4)18(10-12)19-8-7-17-16(5)21(22)14(3)11-20(17)23(19)6;1-13-9-15(3)17(5)19(11-13)20-8-7-18-16(4)10-14(2)12-21(18)22(20)6;1-6-17-8-7-9-20-18(17)10-11-21(22(20)5)19-13-14(2)12-15(3)16(19)4;1-13-11-14(2)15(3)17(12-13)19-10-9-16-7-5-6-8-18(16)20(19)4/h9-14,18H,5-8H2,1-4H3;7-11H,1-6H3;7-12H,1-6H3;7-13H,6H2,1-5H3;5-12H,1-4H3/q5*+1/i;2D3;3D3;;. The van der Waals surface area contributed by atoms with Crippen molar-refractivity contribution in [2.24, 2.45) is 35.2 Å². The molecule has 1 aliphatic carbocycles. The van der Waals surface area contributed by atoms with Crippen LogP contribution < -0.4 is 22.8 Å². The van der Waals surface area contributed by atoms with E-state index in [4.69, 9.17) is 8.22 Å². The summed E-state index contributed by atoms with van der Waals surface area (Å²) in [5.41, 5.74) is 37.2. The second kappa shape index (κ2) is 33.8. The van der Waals surface area contributed by atoms with Gasteiger partial charge in [-0.1, -0.05) is 115 Å². The second-order valence-electron chi connectivity index (χ2n) is 32.4. The lowest BCUT2D eigenvalue weighted by molar-refractivity contribution is -0.659. The number of benzene rings is 10. The van der Waals surface area contributed by atoms with Crippen LogP contribution in [-0.4, -0.2) is 0 Å². The van der Waals surface area contributed by atoms with Crippen molar-refractivity contribution in [3.63, 3.8) is 0 Å². The molecule has 0 saturated heterocycles. The van der Waals surface area contributed by atoms with Crippen LogP contribution in [0.1, 0.15) is 164 Å². The van der Waals surface area contributed by atoms with Gasteiger partial charge in [0, 0.05) is 101 Å². The normalized spacial score (nSPS) is 13.1. The Bertz CT molecular complexity index is 6470. The summed E-state index contributed by atoms with van der Waals surface area (Å²) in [5.74, 6) is 0.382. The molecule has 113 heavy (non-hydrogen) atoms. The zero-order valence-corrected chi connectivity index (χ0v) is 71.1. The van der Waals surface area contributed by atoms with E-state index in [0.717, 1.165) is 95.4 Å². The van der Waals surface area contributed by atoms with Crippen molar-refractivity contribution in [2.75, 3.05) is 0 Å².